The second-order valence-electron chi connectivity index (χ2n) is 2.36. The molecule has 0 rings (SSSR count). The van der Waals surface area contributed by atoms with Crippen molar-refractivity contribution in [1.82, 2.24) is 5.32 Å². The fourth-order valence-electron chi connectivity index (χ4n) is 0.499. The molecule has 0 atom stereocenters. The molecule has 0 aliphatic carbocycles. The number of carbonyl (C=O) groups is 1. The summed E-state index contributed by atoms with van der Waals surface area (Å²) in [7, 11) is 0. The predicted molar refractivity (Wildman–Crippen MR) is 46.7 cm³/mol. The molecule has 0 aliphatic heterocycles. The molecule has 0 aliphatic rings. The van der Waals surface area contributed by atoms with Crippen molar-refractivity contribution >= 4 is 11.6 Å². The van der Waals surface area contributed by atoms with Gasteiger partial charge in [-0.15, -0.1) is 0 Å². The van der Waals surface area contributed by atoms with E-state index in [-0.39, 0.29) is 5.91 Å². The van der Waals surface area contributed by atoms with Crippen LogP contribution in [0.5, 0.6) is 0 Å². The van der Waals surface area contributed by atoms with E-state index in [2.05, 4.69) is 10.3 Å². The lowest BCUT2D eigenvalue weighted by molar-refractivity contribution is -0.120. The van der Waals surface area contributed by atoms with Crippen LogP contribution < -0.4 is 5.32 Å². The minimum absolute atomic E-state index is 0.0534. The molecule has 0 aromatic rings. The Hall–Kier alpha value is -0.860. The van der Waals surface area contributed by atoms with Crippen molar-refractivity contribution < 1.29 is 4.79 Å². The zero-order chi connectivity index (χ0) is 8.69. The number of hydrogen-bond donors (Lipinski definition) is 1. The van der Waals surface area contributed by atoms with Crippen LogP contribution in [0.4, 0.5) is 0 Å². The van der Waals surface area contributed by atoms with Gasteiger partial charge in [0.1, 0.15) is 6.67 Å². The first-order chi connectivity index (χ1) is 5.20. The quantitative estimate of drug-likeness (QED) is 0.613. The van der Waals surface area contributed by atoms with E-state index in [1.807, 2.05) is 20.8 Å². The number of nitrogens with zero attached hydrogens (tertiary/aromatic N) is 1. The molecule has 0 saturated heterocycles. The van der Waals surface area contributed by atoms with Gasteiger partial charge in [0.05, 0.1) is 0 Å². The van der Waals surface area contributed by atoms with Gasteiger partial charge in [-0.05, 0) is 13.3 Å². The molecule has 0 radical (unpaired) electrons. The van der Waals surface area contributed by atoms with Crippen molar-refractivity contribution in [2.75, 3.05) is 6.67 Å². The van der Waals surface area contributed by atoms with E-state index in [1.54, 1.807) is 0 Å². The Morgan fingerprint density at radius 1 is 1.36 bits per heavy atom. The molecule has 3 nitrogen and oxygen atoms in total. The summed E-state index contributed by atoms with van der Waals surface area (Å²) in [5, 5.41) is 2.67. The minimum Gasteiger partial charge on any atom is -0.337 e. The Morgan fingerprint density at radius 3 is 2.45 bits per heavy atom. The summed E-state index contributed by atoms with van der Waals surface area (Å²) in [6, 6.07) is 0. The van der Waals surface area contributed by atoms with Crippen molar-refractivity contribution in [2.24, 2.45) is 4.99 Å². The standard InChI is InChI=1S/C8H16N2O/c1-4-7(3)9-6-10-8(11)5-2/h4-6H2,1-3H3,(H,10,11). The van der Waals surface area contributed by atoms with E-state index >= 15 is 0 Å². The Bertz CT molecular complexity index is 152. The fraction of sp³-hybridized carbons (Fsp3) is 0.750. The van der Waals surface area contributed by atoms with Gasteiger partial charge in [0.2, 0.25) is 5.91 Å². The smallest absolute Gasteiger partial charge is 0.221 e. The molecule has 0 aromatic heterocycles. The molecule has 1 N–H and O–H groups in total. The van der Waals surface area contributed by atoms with Crippen LogP contribution in [-0.4, -0.2) is 18.3 Å². The second kappa shape index (κ2) is 5.89. The Labute approximate surface area is 67.9 Å². The van der Waals surface area contributed by atoms with Gasteiger partial charge in [0.25, 0.3) is 0 Å². The lowest BCUT2D eigenvalue weighted by atomic mass is 10.3. The van der Waals surface area contributed by atoms with E-state index in [0.29, 0.717) is 13.1 Å². The van der Waals surface area contributed by atoms with E-state index in [0.717, 1.165) is 12.1 Å². The summed E-state index contributed by atoms with van der Waals surface area (Å²) in [6.07, 6.45) is 1.47. The number of amides is 1. The van der Waals surface area contributed by atoms with Crippen LogP contribution in [0.25, 0.3) is 0 Å². The van der Waals surface area contributed by atoms with Crippen molar-refractivity contribution in [3.8, 4) is 0 Å². The number of hydrogen-bond acceptors (Lipinski definition) is 2. The highest BCUT2D eigenvalue weighted by atomic mass is 16.1. The highest BCUT2D eigenvalue weighted by Crippen LogP contribution is 1.82. The van der Waals surface area contributed by atoms with E-state index in [9.17, 15) is 4.79 Å². The SMILES string of the molecule is CCC(=O)NCN=C(C)CC. The normalized spacial score (nSPS) is 11.4. The third-order valence-corrected chi connectivity index (χ3v) is 1.46. The van der Waals surface area contributed by atoms with Gasteiger partial charge in [-0.2, -0.15) is 0 Å². The van der Waals surface area contributed by atoms with Crippen molar-refractivity contribution in [3.05, 3.63) is 0 Å². The number of aliphatic imine (C=N–C) groups is 1. The maximum absolute atomic E-state index is 10.7. The first-order valence-corrected chi connectivity index (χ1v) is 3.97. The van der Waals surface area contributed by atoms with Crippen LogP contribution in [0.3, 0.4) is 0 Å². The topological polar surface area (TPSA) is 41.5 Å². The van der Waals surface area contributed by atoms with E-state index in [1.165, 1.54) is 0 Å². The van der Waals surface area contributed by atoms with Gasteiger partial charge in [0, 0.05) is 12.1 Å². The molecular weight excluding hydrogens is 140 g/mol. The lowest BCUT2D eigenvalue weighted by Crippen LogP contribution is -2.22. The summed E-state index contributed by atoms with van der Waals surface area (Å²) < 4.78 is 0. The Morgan fingerprint density at radius 2 is 2.00 bits per heavy atom. The zero-order valence-electron chi connectivity index (χ0n) is 7.48. The van der Waals surface area contributed by atoms with Gasteiger partial charge >= 0.3 is 0 Å². The third kappa shape index (κ3) is 5.58. The van der Waals surface area contributed by atoms with Crippen LogP contribution >= 0.6 is 0 Å². The second-order valence-corrected chi connectivity index (χ2v) is 2.36. The summed E-state index contributed by atoms with van der Waals surface area (Å²) in [4.78, 5) is 14.8. The number of nitrogens with one attached hydrogen (secondary N) is 1. The summed E-state index contributed by atoms with van der Waals surface area (Å²) >= 11 is 0. The Kier molecular flexibility index (Phi) is 5.43. The Balaban J connectivity index is 3.48. The molecule has 64 valence electrons. The van der Waals surface area contributed by atoms with Gasteiger partial charge < -0.3 is 5.32 Å². The maximum Gasteiger partial charge on any atom is 0.221 e. The highest BCUT2D eigenvalue weighted by Gasteiger charge is 1.92. The zero-order valence-corrected chi connectivity index (χ0v) is 7.48. The molecule has 11 heavy (non-hydrogen) atoms. The third-order valence-electron chi connectivity index (χ3n) is 1.46. The minimum atomic E-state index is 0.0534. The van der Waals surface area contributed by atoms with E-state index < -0.39 is 0 Å². The van der Waals surface area contributed by atoms with Crippen LogP contribution in [0.15, 0.2) is 4.99 Å². The van der Waals surface area contributed by atoms with Crippen LogP contribution in [-0.2, 0) is 4.79 Å². The monoisotopic (exact) mass is 156 g/mol. The number of carbonyl (C=O) groups excluding carboxylic acids is 1. The largest absolute Gasteiger partial charge is 0.337 e. The maximum atomic E-state index is 10.7. The van der Waals surface area contributed by atoms with Crippen molar-refractivity contribution in [3.63, 3.8) is 0 Å². The number of rotatable bonds is 4. The molecule has 0 spiro atoms. The molecule has 0 bridgehead atoms. The van der Waals surface area contributed by atoms with Gasteiger partial charge in [-0.3, -0.25) is 9.79 Å². The van der Waals surface area contributed by atoms with Gasteiger partial charge in [-0.25, -0.2) is 0 Å². The van der Waals surface area contributed by atoms with Crippen LogP contribution in [0.2, 0.25) is 0 Å². The fourth-order valence-corrected chi connectivity index (χ4v) is 0.499. The molecule has 3 heteroatoms. The summed E-state index contributed by atoms with van der Waals surface area (Å²) in [6.45, 7) is 6.25. The average Bonchev–Trinajstić information content (AvgIpc) is 2.04. The summed E-state index contributed by atoms with van der Waals surface area (Å²) in [5.74, 6) is 0.0534. The molecule has 0 fully saturated rings. The van der Waals surface area contributed by atoms with Gasteiger partial charge in [-0.1, -0.05) is 13.8 Å². The van der Waals surface area contributed by atoms with Crippen LogP contribution in [0.1, 0.15) is 33.6 Å². The predicted octanol–water partition coefficient (Wildman–Crippen LogP) is 1.34. The molecular formula is C8H16N2O. The van der Waals surface area contributed by atoms with Crippen molar-refractivity contribution in [1.29, 1.82) is 0 Å². The average molecular weight is 156 g/mol. The van der Waals surface area contributed by atoms with Gasteiger partial charge in [0.15, 0.2) is 0 Å². The van der Waals surface area contributed by atoms with Crippen LogP contribution in [0, 0.1) is 0 Å². The van der Waals surface area contributed by atoms with Crippen molar-refractivity contribution in [2.45, 2.75) is 33.6 Å². The molecule has 0 unspecified atom stereocenters. The molecule has 0 heterocycles. The molecule has 0 aromatic carbocycles. The first-order valence-electron chi connectivity index (χ1n) is 3.97. The van der Waals surface area contributed by atoms with E-state index in [4.69, 9.17) is 0 Å². The lowest BCUT2D eigenvalue weighted by Gasteiger charge is -1.99. The molecule has 0 saturated carbocycles. The highest BCUT2D eigenvalue weighted by molar-refractivity contribution is 5.82. The first kappa shape index (κ1) is 10.1. The molecule has 1 amide bonds. The summed E-state index contributed by atoms with van der Waals surface area (Å²) in [5.41, 5.74) is 1.07.